The standard InChI is InChI=1S/C11H7F3N2O5/c12-11(13,14)21-8-2-1-7(3-15-8)19-4-6-5-20-9(16-6)10(17)18/h1-3,5H,4H2,(H,17,18). The predicted molar refractivity (Wildman–Crippen MR) is 58.7 cm³/mol. The highest BCUT2D eigenvalue weighted by Gasteiger charge is 2.31. The van der Waals surface area contributed by atoms with Crippen LogP contribution in [0, 0.1) is 0 Å². The summed E-state index contributed by atoms with van der Waals surface area (Å²) in [7, 11) is 0. The van der Waals surface area contributed by atoms with Crippen molar-refractivity contribution in [2.75, 3.05) is 0 Å². The largest absolute Gasteiger partial charge is 0.574 e. The molecule has 2 rings (SSSR count). The van der Waals surface area contributed by atoms with Gasteiger partial charge in [0.05, 0.1) is 6.20 Å². The number of carboxylic acids is 1. The highest BCUT2D eigenvalue weighted by molar-refractivity contribution is 5.82. The number of rotatable bonds is 5. The number of carbonyl (C=O) groups is 1. The average molecular weight is 304 g/mol. The molecule has 0 aliphatic heterocycles. The molecule has 0 unspecified atom stereocenters. The summed E-state index contributed by atoms with van der Waals surface area (Å²) in [6.07, 6.45) is -2.69. The van der Waals surface area contributed by atoms with Gasteiger partial charge < -0.3 is 19.0 Å². The normalized spacial score (nSPS) is 11.2. The Kier molecular flexibility index (Phi) is 3.96. The fourth-order valence-electron chi connectivity index (χ4n) is 1.26. The van der Waals surface area contributed by atoms with Crippen LogP contribution in [0.15, 0.2) is 29.0 Å². The third-order valence-corrected chi connectivity index (χ3v) is 2.05. The Morgan fingerprint density at radius 2 is 2.14 bits per heavy atom. The van der Waals surface area contributed by atoms with E-state index >= 15 is 0 Å². The molecule has 112 valence electrons. The lowest BCUT2D eigenvalue weighted by atomic mass is 10.4. The number of carboxylic acid groups (broad SMARTS) is 1. The Balaban J connectivity index is 1.92. The molecule has 2 aromatic heterocycles. The topological polar surface area (TPSA) is 94.7 Å². The Hall–Kier alpha value is -2.78. The van der Waals surface area contributed by atoms with Gasteiger partial charge in [-0.1, -0.05) is 0 Å². The molecule has 0 spiro atoms. The van der Waals surface area contributed by atoms with E-state index in [0.29, 0.717) is 0 Å². The van der Waals surface area contributed by atoms with Crippen molar-refractivity contribution < 1.29 is 37.0 Å². The van der Waals surface area contributed by atoms with Crippen molar-refractivity contribution in [1.29, 1.82) is 0 Å². The van der Waals surface area contributed by atoms with E-state index in [0.717, 1.165) is 18.5 Å². The summed E-state index contributed by atoms with van der Waals surface area (Å²) >= 11 is 0. The Labute approximate surface area is 114 Å². The van der Waals surface area contributed by atoms with Gasteiger partial charge in [0.2, 0.25) is 5.88 Å². The Morgan fingerprint density at radius 1 is 1.38 bits per heavy atom. The van der Waals surface area contributed by atoms with Gasteiger partial charge in [-0.15, -0.1) is 13.2 Å². The van der Waals surface area contributed by atoms with Crippen molar-refractivity contribution >= 4 is 5.97 Å². The second-order valence-electron chi connectivity index (χ2n) is 3.62. The molecular formula is C11H7F3N2O5. The van der Waals surface area contributed by atoms with E-state index < -0.39 is 24.1 Å². The van der Waals surface area contributed by atoms with Crippen LogP contribution in [0.2, 0.25) is 0 Å². The monoisotopic (exact) mass is 304 g/mol. The van der Waals surface area contributed by atoms with Crippen molar-refractivity contribution in [3.63, 3.8) is 0 Å². The summed E-state index contributed by atoms with van der Waals surface area (Å²) < 4.78 is 49.1. The lowest BCUT2D eigenvalue weighted by Gasteiger charge is -2.08. The molecule has 21 heavy (non-hydrogen) atoms. The average Bonchev–Trinajstić information content (AvgIpc) is 2.85. The first kappa shape index (κ1) is 14.6. The van der Waals surface area contributed by atoms with Crippen molar-refractivity contribution in [2.45, 2.75) is 13.0 Å². The van der Waals surface area contributed by atoms with Gasteiger partial charge in [0.1, 0.15) is 24.3 Å². The zero-order valence-corrected chi connectivity index (χ0v) is 10.1. The molecule has 0 fully saturated rings. The van der Waals surface area contributed by atoms with Crippen LogP contribution in [-0.4, -0.2) is 27.4 Å². The van der Waals surface area contributed by atoms with Gasteiger partial charge in [-0.05, 0) is 6.07 Å². The van der Waals surface area contributed by atoms with Gasteiger partial charge in [0.15, 0.2) is 0 Å². The number of pyridine rings is 1. The number of alkyl halides is 3. The fourth-order valence-corrected chi connectivity index (χ4v) is 1.26. The highest BCUT2D eigenvalue weighted by Crippen LogP contribution is 2.22. The van der Waals surface area contributed by atoms with Crippen LogP contribution in [0.3, 0.4) is 0 Å². The summed E-state index contributed by atoms with van der Waals surface area (Å²) in [6, 6.07) is 2.20. The molecule has 2 heterocycles. The van der Waals surface area contributed by atoms with Crippen molar-refractivity contribution in [1.82, 2.24) is 9.97 Å². The number of halogens is 3. The van der Waals surface area contributed by atoms with E-state index in [1.54, 1.807) is 0 Å². The van der Waals surface area contributed by atoms with E-state index in [9.17, 15) is 18.0 Å². The number of hydrogen-bond donors (Lipinski definition) is 1. The van der Waals surface area contributed by atoms with E-state index in [4.69, 9.17) is 9.84 Å². The summed E-state index contributed by atoms with van der Waals surface area (Å²) in [5.41, 5.74) is 0.211. The van der Waals surface area contributed by atoms with Crippen molar-refractivity contribution in [2.24, 2.45) is 0 Å². The highest BCUT2D eigenvalue weighted by atomic mass is 19.4. The third kappa shape index (κ3) is 4.37. The van der Waals surface area contributed by atoms with Crippen LogP contribution in [-0.2, 0) is 6.61 Å². The Morgan fingerprint density at radius 3 is 2.67 bits per heavy atom. The van der Waals surface area contributed by atoms with Gasteiger partial charge in [-0.3, -0.25) is 0 Å². The Bertz CT molecular complexity index is 624. The van der Waals surface area contributed by atoms with Gasteiger partial charge >= 0.3 is 18.2 Å². The maximum atomic E-state index is 11.9. The van der Waals surface area contributed by atoms with Crippen LogP contribution in [0.25, 0.3) is 0 Å². The van der Waals surface area contributed by atoms with E-state index in [1.807, 2.05) is 0 Å². The third-order valence-electron chi connectivity index (χ3n) is 2.05. The molecule has 0 aliphatic rings. The predicted octanol–water partition coefficient (Wildman–Crippen LogP) is 2.25. The minimum absolute atomic E-state index is 0.127. The first-order valence-electron chi connectivity index (χ1n) is 5.36. The molecule has 0 saturated heterocycles. The van der Waals surface area contributed by atoms with Gasteiger partial charge in [-0.2, -0.15) is 0 Å². The minimum atomic E-state index is -4.82. The van der Waals surface area contributed by atoms with E-state index in [-0.39, 0.29) is 18.1 Å². The van der Waals surface area contributed by atoms with Crippen molar-refractivity contribution in [3.8, 4) is 11.6 Å². The number of aromatic carboxylic acids is 1. The molecule has 0 aliphatic carbocycles. The van der Waals surface area contributed by atoms with Crippen LogP contribution in [0.1, 0.15) is 16.4 Å². The van der Waals surface area contributed by atoms with Gasteiger partial charge in [0, 0.05) is 6.07 Å². The first-order valence-corrected chi connectivity index (χ1v) is 5.36. The molecule has 2 aromatic rings. The lowest BCUT2D eigenvalue weighted by molar-refractivity contribution is -0.276. The second kappa shape index (κ2) is 5.69. The molecule has 0 saturated carbocycles. The summed E-state index contributed by atoms with van der Waals surface area (Å²) in [6.45, 7) is -0.127. The number of oxazole rings is 1. The fraction of sp³-hybridized carbons (Fsp3) is 0.182. The second-order valence-corrected chi connectivity index (χ2v) is 3.62. The molecule has 0 radical (unpaired) electrons. The molecule has 0 atom stereocenters. The number of ether oxygens (including phenoxy) is 2. The van der Waals surface area contributed by atoms with E-state index in [2.05, 4.69) is 19.1 Å². The van der Waals surface area contributed by atoms with Gasteiger partial charge in [-0.25, -0.2) is 14.8 Å². The number of aromatic nitrogens is 2. The summed E-state index contributed by atoms with van der Waals surface area (Å²) in [5, 5.41) is 8.59. The SMILES string of the molecule is O=C(O)c1nc(COc2ccc(OC(F)(F)F)nc2)co1. The lowest BCUT2D eigenvalue weighted by Crippen LogP contribution is -2.17. The smallest absolute Gasteiger partial charge is 0.486 e. The number of hydrogen-bond acceptors (Lipinski definition) is 6. The van der Waals surface area contributed by atoms with Crippen molar-refractivity contribution in [3.05, 3.63) is 36.2 Å². The van der Waals surface area contributed by atoms with Crippen LogP contribution >= 0.6 is 0 Å². The van der Waals surface area contributed by atoms with Gasteiger partial charge in [0.25, 0.3) is 0 Å². The quantitative estimate of drug-likeness (QED) is 0.905. The zero-order valence-electron chi connectivity index (χ0n) is 10.1. The molecule has 1 N–H and O–H groups in total. The maximum absolute atomic E-state index is 11.9. The molecule has 0 amide bonds. The van der Waals surface area contributed by atoms with Crippen LogP contribution in [0.5, 0.6) is 11.6 Å². The maximum Gasteiger partial charge on any atom is 0.574 e. The molecular weight excluding hydrogens is 297 g/mol. The summed E-state index contributed by atoms with van der Waals surface area (Å²) in [4.78, 5) is 17.5. The minimum Gasteiger partial charge on any atom is -0.486 e. The molecule has 0 aromatic carbocycles. The van der Waals surface area contributed by atoms with Crippen LogP contribution in [0.4, 0.5) is 13.2 Å². The molecule has 7 nitrogen and oxygen atoms in total. The van der Waals surface area contributed by atoms with Crippen LogP contribution < -0.4 is 9.47 Å². The zero-order chi connectivity index (χ0) is 15.5. The number of nitrogens with zero attached hydrogens (tertiary/aromatic N) is 2. The summed E-state index contributed by atoms with van der Waals surface area (Å²) in [5.74, 6) is -2.27. The van der Waals surface area contributed by atoms with E-state index in [1.165, 1.54) is 6.07 Å². The first-order chi connectivity index (χ1) is 9.83. The molecule has 10 heteroatoms. The molecule has 0 bridgehead atoms.